The highest BCUT2D eigenvalue weighted by molar-refractivity contribution is 5.97. The van der Waals surface area contributed by atoms with E-state index in [1.807, 2.05) is 25.0 Å². The van der Waals surface area contributed by atoms with Gasteiger partial charge in [-0.2, -0.15) is 0 Å². The number of rotatable bonds is 6. The number of methoxy groups -OCH3 is 1. The van der Waals surface area contributed by atoms with Crippen molar-refractivity contribution in [3.8, 4) is 0 Å². The molecule has 8 atom stereocenters. The molecule has 3 aliphatic carbocycles. The third-order valence-electron chi connectivity index (χ3n) is 11.3. The van der Waals surface area contributed by atoms with Gasteiger partial charge in [0.25, 0.3) is 0 Å². The number of allylic oxidation sites excluding steroid dienone is 9. The fraction of sp³-hybridized carbons (Fsp3) is 0.462. The Morgan fingerprint density at radius 3 is 2.58 bits per heavy atom. The number of carbonyl (C=O) groups excluding carboxylic acids is 2. The first-order valence-electron chi connectivity index (χ1n) is 18.2. The average Bonchev–Trinajstić information content (AvgIpc) is 3.94. The van der Waals surface area contributed by atoms with Crippen molar-refractivity contribution >= 4 is 29.5 Å². The second kappa shape index (κ2) is 13.0. The number of imidazole rings is 1. The number of amidine groups is 1. The molecule has 0 saturated carbocycles. The summed E-state index contributed by atoms with van der Waals surface area (Å²) in [6.45, 7) is 9.11. The molecule has 3 amide bonds. The summed E-state index contributed by atoms with van der Waals surface area (Å²) in [5, 5.41) is 16.0. The summed E-state index contributed by atoms with van der Waals surface area (Å²) in [4.78, 5) is 54.3. The zero-order valence-electron chi connectivity index (χ0n) is 30.0. The van der Waals surface area contributed by atoms with Crippen LogP contribution < -0.4 is 10.6 Å². The number of nitrogens with one attached hydrogen (secondary N) is 3. The number of carboxylic acid groups (broad SMARTS) is 1. The topological polar surface area (TPSA) is 161 Å². The molecule has 5 heterocycles. The van der Waals surface area contributed by atoms with Crippen molar-refractivity contribution in [1.29, 1.82) is 0 Å². The van der Waals surface area contributed by atoms with Gasteiger partial charge in [0.1, 0.15) is 29.5 Å². The van der Waals surface area contributed by atoms with Gasteiger partial charge < -0.3 is 35.1 Å². The van der Waals surface area contributed by atoms with E-state index in [1.165, 1.54) is 12.0 Å². The molecule has 2 fully saturated rings. The number of carbonyl (C=O) groups is 3. The normalized spacial score (nSPS) is 30.5. The number of aliphatic imine (C=N–C) groups is 1. The van der Waals surface area contributed by atoms with E-state index in [9.17, 15) is 19.5 Å². The lowest BCUT2D eigenvalue weighted by Crippen LogP contribution is -2.54. The summed E-state index contributed by atoms with van der Waals surface area (Å²) in [7, 11) is 1.30. The van der Waals surface area contributed by atoms with Gasteiger partial charge in [-0.25, -0.2) is 14.6 Å². The third kappa shape index (κ3) is 5.85. The van der Waals surface area contributed by atoms with Crippen LogP contribution in [-0.2, 0) is 14.3 Å². The molecule has 2 saturated heterocycles. The monoisotopic (exact) mass is 707 g/mol. The quantitative estimate of drug-likeness (QED) is 0.314. The standard InChI is InChI=1S/C39H45N7O6/c1-19(2)33(44-38(48)51-5)37(47)45-16-20(3)11-31(45)36-41-28-9-7-22-13-27-25-8-6-23(12-24(25)18-52-32(27)14-26(22)34(28)43-36)29-15-40-35(42-29)30-10-21(4)17-46(30)39(49)50/h6-9,12-15,18-21,25-26,30-31,33-34H,10-11,16-17H2,1-5H3,(H,40,42)(H,41,43)(H,44,48)(H,49,50)/t20-,21-,25?,26?,30-,31-,33-,34?/m0/s1. The van der Waals surface area contributed by atoms with E-state index < -0.39 is 18.2 Å². The molecular weight excluding hydrogens is 662 g/mol. The van der Waals surface area contributed by atoms with Gasteiger partial charge in [-0.3, -0.25) is 14.7 Å². The van der Waals surface area contributed by atoms with Crippen molar-refractivity contribution in [2.75, 3.05) is 20.2 Å². The Bertz CT molecular complexity index is 1960. The molecule has 0 aromatic carbocycles. The van der Waals surface area contributed by atoms with Crippen molar-refractivity contribution in [2.24, 2.45) is 34.6 Å². The second-order valence-electron chi connectivity index (χ2n) is 15.4. The summed E-state index contributed by atoms with van der Waals surface area (Å²) < 4.78 is 11.1. The van der Waals surface area contributed by atoms with Gasteiger partial charge in [0.2, 0.25) is 5.91 Å². The Kier molecular flexibility index (Phi) is 8.46. The van der Waals surface area contributed by atoms with E-state index >= 15 is 0 Å². The molecule has 52 heavy (non-hydrogen) atoms. The number of hydrogen-bond donors (Lipinski definition) is 4. The van der Waals surface area contributed by atoms with Gasteiger partial charge in [0, 0.05) is 36.2 Å². The van der Waals surface area contributed by atoms with Crippen LogP contribution in [0, 0.1) is 29.6 Å². The summed E-state index contributed by atoms with van der Waals surface area (Å²) in [5.41, 5.74) is 6.04. The highest BCUT2D eigenvalue weighted by Gasteiger charge is 2.45. The molecule has 3 unspecified atom stereocenters. The van der Waals surface area contributed by atoms with Crippen LogP contribution in [0.15, 0.2) is 88.2 Å². The van der Waals surface area contributed by atoms with Crippen LogP contribution >= 0.6 is 0 Å². The van der Waals surface area contributed by atoms with Crippen LogP contribution in [0.3, 0.4) is 0 Å². The second-order valence-corrected chi connectivity index (χ2v) is 15.4. The lowest BCUT2D eigenvalue weighted by Gasteiger charge is -2.34. The van der Waals surface area contributed by atoms with E-state index in [1.54, 1.807) is 6.20 Å². The number of aromatic amines is 1. The predicted octanol–water partition coefficient (Wildman–Crippen LogP) is 5.21. The number of hydrogen-bond acceptors (Lipinski definition) is 8. The van der Waals surface area contributed by atoms with Gasteiger partial charge in [-0.05, 0) is 65.5 Å². The summed E-state index contributed by atoms with van der Waals surface area (Å²) in [6, 6.07) is -1.38. The average molecular weight is 708 g/mol. The summed E-state index contributed by atoms with van der Waals surface area (Å²) in [6.07, 6.45) is 18.5. The van der Waals surface area contributed by atoms with E-state index in [4.69, 9.17) is 14.5 Å². The number of likely N-dealkylation sites (tertiary alicyclic amines) is 2. The molecule has 13 nitrogen and oxygen atoms in total. The summed E-state index contributed by atoms with van der Waals surface area (Å²) in [5.74, 6) is 2.55. The van der Waals surface area contributed by atoms with Crippen LogP contribution in [0.2, 0.25) is 0 Å². The third-order valence-corrected chi connectivity index (χ3v) is 11.3. The van der Waals surface area contributed by atoms with Crippen LogP contribution in [0.4, 0.5) is 9.59 Å². The van der Waals surface area contributed by atoms with Crippen molar-refractivity contribution in [3.63, 3.8) is 0 Å². The number of nitrogens with zero attached hydrogens (tertiary/aromatic N) is 4. The minimum absolute atomic E-state index is 0.0179. The van der Waals surface area contributed by atoms with Crippen LogP contribution in [-0.4, -0.2) is 87.1 Å². The van der Waals surface area contributed by atoms with E-state index in [0.717, 1.165) is 58.1 Å². The predicted molar refractivity (Wildman–Crippen MR) is 193 cm³/mol. The fourth-order valence-electron chi connectivity index (χ4n) is 8.64. The maximum Gasteiger partial charge on any atom is 0.407 e. The molecule has 1 aromatic rings. The fourth-order valence-corrected chi connectivity index (χ4v) is 8.64. The van der Waals surface area contributed by atoms with Crippen molar-refractivity contribution in [3.05, 3.63) is 94.7 Å². The van der Waals surface area contributed by atoms with Crippen molar-refractivity contribution < 1.29 is 29.0 Å². The minimum Gasteiger partial charge on any atom is -0.465 e. The molecule has 13 heteroatoms. The number of fused-ring (bicyclic) bond motifs is 6. The zero-order chi connectivity index (χ0) is 36.4. The first kappa shape index (κ1) is 33.8. The molecule has 0 bridgehead atoms. The lowest BCUT2D eigenvalue weighted by molar-refractivity contribution is -0.134. The zero-order valence-corrected chi connectivity index (χ0v) is 30.0. The van der Waals surface area contributed by atoms with Gasteiger partial charge in [0.15, 0.2) is 0 Å². The summed E-state index contributed by atoms with van der Waals surface area (Å²) >= 11 is 0. The number of amides is 3. The van der Waals surface area contributed by atoms with Crippen molar-refractivity contribution in [2.45, 2.75) is 64.7 Å². The molecule has 0 radical (unpaired) electrons. The van der Waals surface area contributed by atoms with Crippen LogP contribution in [0.1, 0.15) is 58.1 Å². The van der Waals surface area contributed by atoms with Gasteiger partial charge in [-0.15, -0.1) is 0 Å². The lowest BCUT2D eigenvalue weighted by atomic mass is 9.75. The Balaban J connectivity index is 1.00. The maximum atomic E-state index is 13.8. The molecule has 4 aliphatic heterocycles. The maximum absolute atomic E-state index is 13.8. The Labute approximate surface area is 302 Å². The smallest absolute Gasteiger partial charge is 0.407 e. The van der Waals surface area contributed by atoms with E-state index in [0.29, 0.717) is 18.9 Å². The number of ether oxygens (including phenoxy) is 2. The Hall–Kier alpha value is -5.33. The van der Waals surface area contributed by atoms with Crippen LogP contribution in [0.25, 0.3) is 5.57 Å². The van der Waals surface area contributed by atoms with Gasteiger partial charge in [0.05, 0.1) is 37.3 Å². The van der Waals surface area contributed by atoms with E-state index in [2.05, 4.69) is 77.0 Å². The number of aromatic nitrogens is 2. The molecule has 0 spiro atoms. The van der Waals surface area contributed by atoms with Crippen molar-refractivity contribution in [1.82, 2.24) is 30.4 Å². The minimum atomic E-state index is -0.923. The first-order valence-corrected chi connectivity index (χ1v) is 18.2. The Morgan fingerprint density at radius 1 is 1.06 bits per heavy atom. The molecule has 8 rings (SSSR count). The van der Waals surface area contributed by atoms with Crippen LogP contribution in [0.5, 0.6) is 0 Å². The Morgan fingerprint density at radius 2 is 1.83 bits per heavy atom. The first-order chi connectivity index (χ1) is 25.0. The highest BCUT2D eigenvalue weighted by atomic mass is 16.5. The molecule has 272 valence electrons. The SMILES string of the molecule is COC(=O)N[C@H](C(=O)N1C[C@@H](C)C[C@H]1C1=NC2C(=CC=C3C=C4C(=CC32)OC=C2C=C(c3cnc([C@@H]5C[C@H](C)CN5C(=O)O)[nH]3)C=CC24)N1)C(C)C. The van der Waals surface area contributed by atoms with E-state index in [-0.39, 0.29) is 53.6 Å². The molecular formula is C39H45N7O6. The number of H-pyrrole nitrogens is 1. The number of alkyl carbamates (subject to hydrolysis) is 1. The molecule has 4 N–H and O–H groups in total. The molecule has 7 aliphatic rings. The van der Waals surface area contributed by atoms with Gasteiger partial charge in [-0.1, -0.05) is 52.0 Å². The largest absolute Gasteiger partial charge is 0.465 e. The van der Waals surface area contributed by atoms with Gasteiger partial charge >= 0.3 is 12.2 Å². The highest BCUT2D eigenvalue weighted by Crippen LogP contribution is 2.46. The molecule has 1 aromatic heterocycles.